The summed E-state index contributed by atoms with van der Waals surface area (Å²) in [7, 11) is 0. The minimum atomic E-state index is -0.939. The number of nitrogens with zero attached hydrogens (tertiary/aromatic N) is 2. The fourth-order valence-electron chi connectivity index (χ4n) is 4.84. The number of carbonyl (C=O) groups excluding carboxylic acids is 3. The summed E-state index contributed by atoms with van der Waals surface area (Å²) in [4.78, 5) is 44.7. The Hall–Kier alpha value is -5.24. The summed E-state index contributed by atoms with van der Waals surface area (Å²) in [5, 5.41) is 11.5. The minimum absolute atomic E-state index is 0.0585. The van der Waals surface area contributed by atoms with Crippen LogP contribution < -0.4 is 9.64 Å². The second-order valence-electron chi connectivity index (χ2n) is 9.89. The Morgan fingerprint density at radius 1 is 0.952 bits per heavy atom. The maximum atomic E-state index is 13.5. The van der Waals surface area contributed by atoms with E-state index in [4.69, 9.17) is 9.47 Å². The molecule has 1 unspecified atom stereocenters. The first-order valence-electron chi connectivity index (χ1n) is 13.6. The molecule has 0 bridgehead atoms. The topological polar surface area (TPSA) is 106 Å². The smallest absolute Gasteiger partial charge is 0.338 e. The summed E-state index contributed by atoms with van der Waals surface area (Å²) in [6.07, 6.45) is 3.84. The van der Waals surface area contributed by atoms with E-state index in [9.17, 15) is 19.5 Å². The molecule has 1 aromatic heterocycles. The standard InChI is InChI=1S/C34H30N2O6/c1-3-18-41-34(40)24-11-14-27(15-12-24)36-30(26-10-7-17-35-20-26)29(32(38)33(36)39)31(37)25-13-16-28(22(2)19-25)42-21-23-8-5-4-6-9-23/h4-17,19-20,30,37H,3,18,21H2,1-2H3/b31-29-. The van der Waals surface area contributed by atoms with Crippen molar-refractivity contribution in [2.75, 3.05) is 11.5 Å². The van der Waals surface area contributed by atoms with E-state index in [0.29, 0.717) is 47.8 Å². The summed E-state index contributed by atoms with van der Waals surface area (Å²) in [5.41, 5.74) is 3.35. The van der Waals surface area contributed by atoms with Gasteiger partial charge in [0.15, 0.2) is 0 Å². The van der Waals surface area contributed by atoms with Crippen molar-refractivity contribution in [1.82, 2.24) is 4.98 Å². The third-order valence-electron chi connectivity index (χ3n) is 6.95. The van der Waals surface area contributed by atoms with Gasteiger partial charge in [0.1, 0.15) is 18.1 Å². The number of aliphatic hydroxyl groups excluding tert-OH is 1. The van der Waals surface area contributed by atoms with Gasteiger partial charge in [-0.3, -0.25) is 19.5 Å². The largest absolute Gasteiger partial charge is 0.507 e. The van der Waals surface area contributed by atoms with Crippen molar-refractivity contribution in [1.29, 1.82) is 0 Å². The van der Waals surface area contributed by atoms with Gasteiger partial charge in [0.05, 0.1) is 23.8 Å². The van der Waals surface area contributed by atoms with Crippen LogP contribution >= 0.6 is 0 Å². The molecule has 3 aromatic carbocycles. The summed E-state index contributed by atoms with van der Waals surface area (Å²) in [6.45, 7) is 4.44. The molecular formula is C34H30N2O6. The Balaban J connectivity index is 1.50. The number of carbonyl (C=O) groups is 3. The highest BCUT2D eigenvalue weighted by atomic mass is 16.5. The number of hydrogen-bond donors (Lipinski definition) is 1. The Labute approximate surface area is 243 Å². The number of pyridine rings is 1. The first-order valence-corrected chi connectivity index (χ1v) is 13.6. The van der Waals surface area contributed by atoms with Crippen molar-refractivity contribution in [3.63, 3.8) is 0 Å². The van der Waals surface area contributed by atoms with Crippen LogP contribution in [0.4, 0.5) is 5.69 Å². The summed E-state index contributed by atoms with van der Waals surface area (Å²) < 4.78 is 11.2. The monoisotopic (exact) mass is 562 g/mol. The zero-order valence-electron chi connectivity index (χ0n) is 23.3. The highest BCUT2D eigenvalue weighted by Crippen LogP contribution is 2.42. The molecule has 1 aliphatic heterocycles. The molecule has 1 aliphatic rings. The van der Waals surface area contributed by atoms with Gasteiger partial charge in [0.25, 0.3) is 11.7 Å². The van der Waals surface area contributed by atoms with Crippen molar-refractivity contribution in [2.45, 2.75) is 32.9 Å². The number of anilines is 1. The SMILES string of the molecule is CCCOC(=O)c1ccc(N2C(=O)C(=O)/C(=C(\O)c3ccc(OCc4ccccc4)c(C)c3)C2c2cccnc2)cc1. The molecule has 1 fully saturated rings. The van der Waals surface area contributed by atoms with Crippen LogP contribution in [0, 0.1) is 6.92 Å². The lowest BCUT2D eigenvalue weighted by Gasteiger charge is -2.25. The van der Waals surface area contributed by atoms with Crippen molar-refractivity contribution in [3.05, 3.63) is 131 Å². The molecule has 1 amide bonds. The number of Topliss-reactive ketones (excluding diaryl/α,β-unsaturated/α-hetero) is 1. The number of rotatable bonds is 9. The van der Waals surface area contributed by atoms with Crippen molar-refractivity contribution in [2.24, 2.45) is 0 Å². The number of aromatic nitrogens is 1. The summed E-state index contributed by atoms with van der Waals surface area (Å²) in [6, 6.07) is 23.6. The van der Waals surface area contributed by atoms with Crippen LogP contribution in [0.2, 0.25) is 0 Å². The first kappa shape index (κ1) is 28.3. The van der Waals surface area contributed by atoms with Crippen molar-refractivity contribution in [3.8, 4) is 5.75 Å². The molecule has 1 N–H and O–H groups in total. The van der Waals surface area contributed by atoms with Crippen molar-refractivity contribution < 1.29 is 29.0 Å². The molecule has 0 aliphatic carbocycles. The predicted octanol–water partition coefficient (Wildman–Crippen LogP) is 6.16. The third-order valence-corrected chi connectivity index (χ3v) is 6.95. The highest BCUT2D eigenvalue weighted by molar-refractivity contribution is 6.51. The zero-order chi connectivity index (χ0) is 29.6. The van der Waals surface area contributed by atoms with E-state index in [2.05, 4.69) is 4.98 Å². The van der Waals surface area contributed by atoms with Gasteiger partial charge >= 0.3 is 5.97 Å². The Morgan fingerprint density at radius 3 is 2.36 bits per heavy atom. The lowest BCUT2D eigenvalue weighted by Crippen LogP contribution is -2.29. The molecule has 212 valence electrons. The molecule has 2 heterocycles. The average molecular weight is 563 g/mol. The fourth-order valence-corrected chi connectivity index (χ4v) is 4.84. The van der Waals surface area contributed by atoms with Crippen molar-refractivity contribution >= 4 is 29.1 Å². The predicted molar refractivity (Wildman–Crippen MR) is 158 cm³/mol. The van der Waals surface area contributed by atoms with Crippen LogP contribution in [0.1, 0.15) is 52.0 Å². The number of esters is 1. The van der Waals surface area contributed by atoms with Gasteiger partial charge in [-0.1, -0.05) is 43.3 Å². The van der Waals surface area contributed by atoms with Gasteiger partial charge < -0.3 is 14.6 Å². The van der Waals surface area contributed by atoms with E-state index >= 15 is 0 Å². The normalized spacial score (nSPS) is 16.0. The third kappa shape index (κ3) is 5.78. The molecule has 8 heteroatoms. The molecule has 0 saturated carbocycles. The van der Waals surface area contributed by atoms with E-state index in [1.165, 1.54) is 4.90 Å². The molecule has 5 rings (SSSR count). The number of aliphatic hydroxyl groups is 1. The number of ketones is 1. The quantitative estimate of drug-likeness (QED) is 0.113. The van der Waals surface area contributed by atoms with Crippen LogP contribution in [0.15, 0.2) is 103 Å². The number of ether oxygens (including phenoxy) is 2. The fraction of sp³-hybridized carbons (Fsp3) is 0.176. The van der Waals surface area contributed by atoms with E-state index in [1.807, 2.05) is 44.2 Å². The maximum absolute atomic E-state index is 13.5. The Bertz CT molecular complexity index is 1630. The lowest BCUT2D eigenvalue weighted by atomic mass is 9.95. The molecule has 0 radical (unpaired) electrons. The Morgan fingerprint density at radius 2 is 1.69 bits per heavy atom. The number of hydrogen-bond acceptors (Lipinski definition) is 7. The maximum Gasteiger partial charge on any atom is 0.338 e. The van der Waals surface area contributed by atoms with E-state index in [-0.39, 0.29) is 11.3 Å². The molecule has 42 heavy (non-hydrogen) atoms. The van der Waals surface area contributed by atoms with E-state index in [0.717, 1.165) is 11.1 Å². The minimum Gasteiger partial charge on any atom is -0.507 e. The highest BCUT2D eigenvalue weighted by Gasteiger charge is 2.47. The van der Waals surface area contributed by atoms with Gasteiger partial charge in [-0.05, 0) is 78.6 Å². The van der Waals surface area contributed by atoms with Crippen LogP contribution in [0.3, 0.4) is 0 Å². The molecule has 0 spiro atoms. The molecule has 1 saturated heterocycles. The van der Waals surface area contributed by atoms with Gasteiger partial charge in [0, 0.05) is 23.6 Å². The zero-order valence-corrected chi connectivity index (χ0v) is 23.3. The summed E-state index contributed by atoms with van der Waals surface area (Å²) >= 11 is 0. The van der Waals surface area contributed by atoms with Crippen LogP contribution in [-0.2, 0) is 20.9 Å². The second-order valence-corrected chi connectivity index (χ2v) is 9.89. The van der Waals surface area contributed by atoms with E-state index in [1.54, 1.807) is 67.0 Å². The van der Waals surface area contributed by atoms with Gasteiger partial charge in [-0.25, -0.2) is 4.79 Å². The second kappa shape index (κ2) is 12.5. The molecular weight excluding hydrogens is 532 g/mol. The summed E-state index contributed by atoms with van der Waals surface area (Å²) in [5.74, 6) is -1.76. The first-order chi connectivity index (χ1) is 20.4. The molecule has 4 aromatic rings. The number of amides is 1. The lowest BCUT2D eigenvalue weighted by molar-refractivity contribution is -0.132. The number of aryl methyl sites for hydroxylation is 1. The van der Waals surface area contributed by atoms with E-state index < -0.39 is 23.7 Å². The number of benzene rings is 3. The van der Waals surface area contributed by atoms with Gasteiger partial charge in [-0.2, -0.15) is 0 Å². The molecule has 8 nitrogen and oxygen atoms in total. The van der Waals surface area contributed by atoms with Crippen LogP contribution in [-0.4, -0.2) is 34.4 Å². The van der Waals surface area contributed by atoms with Gasteiger partial charge in [-0.15, -0.1) is 0 Å². The van der Waals surface area contributed by atoms with Gasteiger partial charge in [0.2, 0.25) is 0 Å². The molecule has 1 atom stereocenters. The van der Waals surface area contributed by atoms with Crippen LogP contribution in [0.25, 0.3) is 5.76 Å². The van der Waals surface area contributed by atoms with Crippen LogP contribution in [0.5, 0.6) is 5.75 Å². The Kier molecular flexibility index (Phi) is 8.43. The average Bonchev–Trinajstić information content (AvgIpc) is 3.29.